The summed E-state index contributed by atoms with van der Waals surface area (Å²) >= 11 is 3.88. The van der Waals surface area contributed by atoms with Gasteiger partial charge >= 0.3 is 6.09 Å². The highest BCUT2D eigenvalue weighted by Gasteiger charge is 2.39. The van der Waals surface area contributed by atoms with Gasteiger partial charge in [-0.1, -0.05) is 52.3 Å². The fourth-order valence-electron chi connectivity index (χ4n) is 6.60. The van der Waals surface area contributed by atoms with Crippen LogP contribution in [0.1, 0.15) is 75.1 Å². The highest BCUT2D eigenvalue weighted by Crippen LogP contribution is 2.43. The van der Waals surface area contributed by atoms with Gasteiger partial charge in [-0.2, -0.15) is 0 Å². The van der Waals surface area contributed by atoms with Crippen molar-refractivity contribution in [3.05, 3.63) is 93.6 Å². The largest absolute Gasteiger partial charge is 0.489 e. The van der Waals surface area contributed by atoms with Crippen LogP contribution in [-0.4, -0.2) is 47.8 Å². The number of hydrogen-bond donors (Lipinski definition) is 0. The third-order valence-corrected chi connectivity index (χ3v) is 9.93. The number of amides is 1. The van der Waals surface area contributed by atoms with E-state index in [4.69, 9.17) is 14.5 Å². The van der Waals surface area contributed by atoms with Crippen LogP contribution in [0.3, 0.4) is 0 Å². The summed E-state index contributed by atoms with van der Waals surface area (Å²) in [5.74, 6) is 1.95. The van der Waals surface area contributed by atoms with Crippen LogP contribution in [0.2, 0.25) is 0 Å². The minimum absolute atomic E-state index is 0.178. The fraction of sp³-hybridized carbons (Fsp3) is 0.444. The third kappa shape index (κ3) is 6.93. The van der Waals surface area contributed by atoms with Gasteiger partial charge in [0.05, 0.1) is 0 Å². The Kier molecular flexibility index (Phi) is 8.54. The molecular formula is C36H42BrN3O3. The predicted octanol–water partition coefficient (Wildman–Crippen LogP) is 8.38. The van der Waals surface area contributed by atoms with E-state index in [-0.39, 0.29) is 6.09 Å². The van der Waals surface area contributed by atoms with Gasteiger partial charge in [-0.15, -0.1) is 0 Å². The van der Waals surface area contributed by atoms with Crippen LogP contribution in [0.25, 0.3) is 5.57 Å². The van der Waals surface area contributed by atoms with E-state index in [0.29, 0.717) is 12.0 Å². The van der Waals surface area contributed by atoms with Gasteiger partial charge in [-0.05, 0) is 106 Å². The molecule has 2 aliphatic heterocycles. The first-order valence-electron chi connectivity index (χ1n) is 15.6. The van der Waals surface area contributed by atoms with Crippen molar-refractivity contribution in [2.45, 2.75) is 71.5 Å². The highest BCUT2D eigenvalue weighted by atomic mass is 79.9. The molecule has 2 aromatic carbocycles. The Morgan fingerprint density at radius 1 is 0.930 bits per heavy atom. The lowest BCUT2D eigenvalue weighted by Gasteiger charge is -2.47. The molecule has 2 fully saturated rings. The number of benzene rings is 2. The lowest BCUT2D eigenvalue weighted by atomic mass is 9.71. The summed E-state index contributed by atoms with van der Waals surface area (Å²) in [5.41, 5.74) is 5.96. The maximum Gasteiger partial charge on any atom is 0.410 e. The fourth-order valence-corrected chi connectivity index (χ4v) is 7.24. The number of carbonyl (C=O) groups excluding carboxylic acids is 1. The SMILES string of the molecule is CC(C)(C)OC(=O)N1CCC2(CC1)CCN(c1ccc(C3=C(Br)CCc4cc(OCc5ccccc5)ccc43)cn1)CC2. The van der Waals surface area contributed by atoms with Crippen molar-refractivity contribution in [2.75, 3.05) is 31.1 Å². The average Bonchev–Trinajstić information content (AvgIpc) is 3.01. The van der Waals surface area contributed by atoms with Gasteiger partial charge < -0.3 is 19.3 Å². The number of piperidine rings is 2. The number of anilines is 1. The maximum atomic E-state index is 12.5. The first kappa shape index (κ1) is 29.7. The number of nitrogens with zero attached hydrogens (tertiary/aromatic N) is 3. The Morgan fingerprint density at radius 2 is 1.65 bits per heavy atom. The van der Waals surface area contributed by atoms with E-state index < -0.39 is 5.60 Å². The van der Waals surface area contributed by atoms with Gasteiger partial charge in [-0.3, -0.25) is 0 Å². The standard InChI is InChI=1S/C36H42BrN3O3/c1-35(2,3)43-34(41)40-21-17-36(18-22-40)15-19-39(20-16-36)32-14-10-28(24-38-32)33-30-12-11-29(23-27(30)9-13-31(33)37)42-25-26-7-5-4-6-8-26/h4-8,10-12,14,23-24H,9,13,15-22,25H2,1-3H3. The van der Waals surface area contributed by atoms with Gasteiger partial charge in [-0.25, -0.2) is 9.78 Å². The Bertz CT molecular complexity index is 1460. The summed E-state index contributed by atoms with van der Waals surface area (Å²) in [6.45, 7) is 9.92. The van der Waals surface area contributed by atoms with Crippen LogP contribution in [0, 0.1) is 5.41 Å². The Hall–Kier alpha value is -3.32. The maximum absolute atomic E-state index is 12.5. The number of ether oxygens (including phenoxy) is 2. The van der Waals surface area contributed by atoms with Gasteiger partial charge in [0, 0.05) is 48.0 Å². The van der Waals surface area contributed by atoms with Crippen molar-refractivity contribution >= 4 is 33.4 Å². The summed E-state index contributed by atoms with van der Waals surface area (Å²) in [7, 11) is 0. The van der Waals surface area contributed by atoms with E-state index in [9.17, 15) is 4.79 Å². The summed E-state index contributed by atoms with van der Waals surface area (Å²) in [6, 6.07) is 21.2. The summed E-state index contributed by atoms with van der Waals surface area (Å²) in [6.07, 6.45) is 8.17. The summed E-state index contributed by atoms with van der Waals surface area (Å²) in [5, 5.41) is 0. The second kappa shape index (κ2) is 12.4. The van der Waals surface area contributed by atoms with E-state index in [1.165, 1.54) is 26.7 Å². The minimum atomic E-state index is -0.450. The molecule has 3 heterocycles. The van der Waals surface area contributed by atoms with Crippen LogP contribution >= 0.6 is 15.9 Å². The van der Waals surface area contributed by atoms with Crippen molar-refractivity contribution in [2.24, 2.45) is 5.41 Å². The molecule has 1 amide bonds. The molecule has 0 atom stereocenters. The number of rotatable bonds is 5. The van der Waals surface area contributed by atoms with Crippen molar-refractivity contribution in [3.63, 3.8) is 0 Å². The molecule has 6 nitrogen and oxygen atoms in total. The number of pyridine rings is 1. The molecule has 0 radical (unpaired) electrons. The molecule has 43 heavy (non-hydrogen) atoms. The quantitative estimate of drug-likeness (QED) is 0.279. The van der Waals surface area contributed by atoms with Crippen LogP contribution in [0.15, 0.2) is 71.3 Å². The number of halogens is 1. The first-order valence-corrected chi connectivity index (χ1v) is 16.4. The number of aromatic nitrogens is 1. The zero-order valence-corrected chi connectivity index (χ0v) is 27.2. The molecule has 6 rings (SSSR count). The lowest BCUT2D eigenvalue weighted by molar-refractivity contribution is 0.00664. The van der Waals surface area contributed by atoms with E-state index in [1.807, 2.05) is 50.1 Å². The molecule has 0 bridgehead atoms. The number of hydrogen-bond acceptors (Lipinski definition) is 5. The molecule has 1 aromatic heterocycles. The van der Waals surface area contributed by atoms with Gasteiger partial charge in [0.25, 0.3) is 0 Å². The first-order chi connectivity index (χ1) is 20.7. The van der Waals surface area contributed by atoms with E-state index in [1.54, 1.807) is 0 Å². The highest BCUT2D eigenvalue weighted by molar-refractivity contribution is 9.11. The lowest BCUT2D eigenvalue weighted by Crippen LogP contribution is -2.49. The second-order valence-corrected chi connectivity index (χ2v) is 14.2. The predicted molar refractivity (Wildman–Crippen MR) is 176 cm³/mol. The van der Waals surface area contributed by atoms with Crippen molar-refractivity contribution in [3.8, 4) is 5.75 Å². The number of fused-ring (bicyclic) bond motifs is 1. The molecular weight excluding hydrogens is 602 g/mol. The molecule has 0 N–H and O–H groups in total. The molecule has 0 saturated carbocycles. The van der Waals surface area contributed by atoms with Crippen molar-refractivity contribution < 1.29 is 14.3 Å². The molecule has 3 aliphatic rings. The van der Waals surface area contributed by atoms with Gasteiger partial charge in [0.15, 0.2) is 0 Å². The van der Waals surface area contributed by atoms with E-state index in [2.05, 4.69) is 63.3 Å². The number of aryl methyl sites for hydroxylation is 1. The second-order valence-electron chi connectivity index (χ2n) is 13.2. The number of likely N-dealkylation sites (tertiary alicyclic amines) is 1. The van der Waals surface area contributed by atoms with Crippen LogP contribution in [0.5, 0.6) is 5.75 Å². The Balaban J connectivity index is 1.07. The van der Waals surface area contributed by atoms with Crippen molar-refractivity contribution in [1.29, 1.82) is 0 Å². The smallest absolute Gasteiger partial charge is 0.410 e. The number of allylic oxidation sites excluding steroid dienone is 1. The van der Waals surface area contributed by atoms with E-state index in [0.717, 1.165) is 81.8 Å². The summed E-state index contributed by atoms with van der Waals surface area (Å²) in [4.78, 5) is 21.8. The van der Waals surface area contributed by atoms with Crippen molar-refractivity contribution in [1.82, 2.24) is 9.88 Å². The van der Waals surface area contributed by atoms with E-state index >= 15 is 0 Å². The van der Waals surface area contributed by atoms with Gasteiger partial charge in [0.2, 0.25) is 0 Å². The van der Waals surface area contributed by atoms with Crippen LogP contribution in [0.4, 0.5) is 10.6 Å². The molecule has 226 valence electrons. The molecule has 1 spiro atoms. The molecule has 3 aromatic rings. The van der Waals surface area contributed by atoms with Gasteiger partial charge in [0.1, 0.15) is 23.8 Å². The average molecular weight is 645 g/mol. The zero-order chi connectivity index (χ0) is 30.0. The summed E-state index contributed by atoms with van der Waals surface area (Å²) < 4.78 is 12.9. The molecule has 2 saturated heterocycles. The molecule has 1 aliphatic carbocycles. The molecule has 0 unspecified atom stereocenters. The Morgan fingerprint density at radius 3 is 2.33 bits per heavy atom. The Labute approximate surface area is 264 Å². The number of carbonyl (C=O) groups is 1. The monoisotopic (exact) mass is 643 g/mol. The topological polar surface area (TPSA) is 54.9 Å². The van der Waals surface area contributed by atoms with Crippen LogP contribution in [-0.2, 0) is 17.8 Å². The zero-order valence-electron chi connectivity index (χ0n) is 25.6. The normalized spacial score (nSPS) is 18.4. The van der Waals surface area contributed by atoms with Crippen LogP contribution < -0.4 is 9.64 Å². The molecule has 7 heteroatoms. The minimum Gasteiger partial charge on any atom is -0.489 e. The third-order valence-electron chi connectivity index (χ3n) is 9.14.